The van der Waals surface area contributed by atoms with Crippen molar-refractivity contribution < 1.29 is 19.4 Å². The predicted molar refractivity (Wildman–Crippen MR) is 68.1 cm³/mol. The summed E-state index contributed by atoms with van der Waals surface area (Å²) in [7, 11) is 1.42. The average molecular weight is 260 g/mol. The standard InChI is InChI=1S/C12H24N2O4/c1-12(2,3)9(13)6-10(15)14-7-8(18-4)5-11(16)17/h8-9H,5-7,13H2,1-4H3,(H,14,15)(H,16,17). The lowest BCUT2D eigenvalue weighted by Gasteiger charge is -2.26. The van der Waals surface area contributed by atoms with Gasteiger partial charge >= 0.3 is 5.97 Å². The summed E-state index contributed by atoms with van der Waals surface area (Å²) in [6, 6.07) is -0.238. The van der Waals surface area contributed by atoms with Crippen LogP contribution in [0.2, 0.25) is 0 Å². The van der Waals surface area contributed by atoms with E-state index in [1.807, 2.05) is 20.8 Å². The van der Waals surface area contributed by atoms with Crippen molar-refractivity contribution in [2.45, 2.75) is 45.8 Å². The van der Waals surface area contributed by atoms with E-state index in [1.165, 1.54) is 7.11 Å². The predicted octanol–water partition coefficient (Wildman–Crippen LogP) is 0.356. The zero-order chi connectivity index (χ0) is 14.3. The van der Waals surface area contributed by atoms with Crippen LogP contribution in [0.1, 0.15) is 33.6 Å². The summed E-state index contributed by atoms with van der Waals surface area (Å²) in [5, 5.41) is 11.3. The zero-order valence-electron chi connectivity index (χ0n) is 11.5. The van der Waals surface area contributed by atoms with Crippen molar-refractivity contribution in [1.29, 1.82) is 0 Å². The topological polar surface area (TPSA) is 102 Å². The number of carbonyl (C=O) groups excluding carboxylic acids is 1. The number of methoxy groups -OCH3 is 1. The molecule has 0 spiro atoms. The summed E-state index contributed by atoms with van der Waals surface area (Å²) in [6.45, 7) is 6.08. The fourth-order valence-corrected chi connectivity index (χ4v) is 1.24. The number of amides is 1. The highest BCUT2D eigenvalue weighted by atomic mass is 16.5. The molecular weight excluding hydrogens is 236 g/mol. The Balaban J connectivity index is 4.06. The molecule has 18 heavy (non-hydrogen) atoms. The van der Waals surface area contributed by atoms with E-state index in [4.69, 9.17) is 15.6 Å². The first-order valence-electron chi connectivity index (χ1n) is 5.93. The summed E-state index contributed by atoms with van der Waals surface area (Å²) < 4.78 is 4.96. The number of aliphatic carboxylic acids is 1. The Labute approximate surface area is 108 Å². The van der Waals surface area contributed by atoms with Crippen molar-refractivity contribution in [2.24, 2.45) is 11.1 Å². The van der Waals surface area contributed by atoms with Crippen LogP contribution in [-0.2, 0) is 14.3 Å². The van der Waals surface area contributed by atoms with Crippen LogP contribution in [0.25, 0.3) is 0 Å². The van der Waals surface area contributed by atoms with E-state index in [0.717, 1.165) is 0 Å². The molecule has 0 aliphatic carbocycles. The fraction of sp³-hybridized carbons (Fsp3) is 0.833. The molecule has 0 heterocycles. The Morgan fingerprint density at radius 2 is 1.89 bits per heavy atom. The molecule has 0 aromatic heterocycles. The van der Waals surface area contributed by atoms with Crippen molar-refractivity contribution in [3.63, 3.8) is 0 Å². The molecule has 0 aromatic carbocycles. The van der Waals surface area contributed by atoms with Crippen LogP contribution < -0.4 is 11.1 Å². The SMILES string of the molecule is COC(CNC(=O)CC(N)C(C)(C)C)CC(=O)O. The number of hydrogen-bond acceptors (Lipinski definition) is 4. The summed E-state index contributed by atoms with van der Waals surface area (Å²) in [5.74, 6) is -1.15. The molecule has 6 heteroatoms. The van der Waals surface area contributed by atoms with Gasteiger partial charge in [0, 0.05) is 26.1 Å². The van der Waals surface area contributed by atoms with Gasteiger partial charge in [-0.2, -0.15) is 0 Å². The summed E-state index contributed by atoms with van der Waals surface area (Å²) in [4.78, 5) is 22.1. The van der Waals surface area contributed by atoms with Gasteiger partial charge in [-0.3, -0.25) is 9.59 Å². The van der Waals surface area contributed by atoms with Gasteiger partial charge in [0.25, 0.3) is 0 Å². The van der Waals surface area contributed by atoms with E-state index in [0.29, 0.717) is 0 Å². The van der Waals surface area contributed by atoms with Crippen molar-refractivity contribution in [2.75, 3.05) is 13.7 Å². The van der Waals surface area contributed by atoms with Gasteiger partial charge in [-0.15, -0.1) is 0 Å². The van der Waals surface area contributed by atoms with Crippen molar-refractivity contribution in [3.05, 3.63) is 0 Å². The van der Waals surface area contributed by atoms with Gasteiger partial charge < -0.3 is 20.9 Å². The molecule has 2 atom stereocenters. The van der Waals surface area contributed by atoms with Crippen LogP contribution in [0, 0.1) is 5.41 Å². The van der Waals surface area contributed by atoms with Gasteiger partial charge in [-0.25, -0.2) is 0 Å². The van der Waals surface area contributed by atoms with Gasteiger partial charge in [0.2, 0.25) is 5.91 Å². The lowest BCUT2D eigenvalue weighted by molar-refractivity contribution is -0.140. The largest absolute Gasteiger partial charge is 0.481 e. The highest BCUT2D eigenvalue weighted by Crippen LogP contribution is 2.19. The number of hydrogen-bond donors (Lipinski definition) is 3. The Morgan fingerprint density at radius 3 is 2.28 bits per heavy atom. The molecule has 0 rings (SSSR count). The van der Waals surface area contributed by atoms with Crippen LogP contribution in [0.4, 0.5) is 0 Å². The van der Waals surface area contributed by atoms with Gasteiger partial charge in [0.15, 0.2) is 0 Å². The van der Waals surface area contributed by atoms with Crippen molar-refractivity contribution in [1.82, 2.24) is 5.32 Å². The van der Waals surface area contributed by atoms with Crippen LogP contribution in [0.3, 0.4) is 0 Å². The molecule has 0 bridgehead atoms. The van der Waals surface area contributed by atoms with Gasteiger partial charge in [-0.05, 0) is 5.41 Å². The Bertz CT molecular complexity index is 286. The summed E-state index contributed by atoms with van der Waals surface area (Å²) >= 11 is 0. The average Bonchev–Trinajstić information content (AvgIpc) is 2.22. The van der Waals surface area contributed by atoms with E-state index in [2.05, 4.69) is 5.32 Å². The number of carbonyl (C=O) groups is 2. The summed E-state index contributed by atoms with van der Waals surface area (Å²) in [5.41, 5.74) is 5.75. The molecule has 0 fully saturated rings. The molecule has 6 nitrogen and oxygen atoms in total. The second-order valence-electron chi connectivity index (χ2n) is 5.44. The molecule has 0 aliphatic rings. The number of nitrogens with two attached hydrogens (primary N) is 1. The minimum absolute atomic E-state index is 0.137. The second kappa shape index (κ2) is 7.33. The first-order valence-corrected chi connectivity index (χ1v) is 5.93. The molecule has 4 N–H and O–H groups in total. The Morgan fingerprint density at radius 1 is 1.33 bits per heavy atom. The third kappa shape index (κ3) is 7.24. The molecular formula is C12H24N2O4. The van der Waals surface area contributed by atoms with Crippen molar-refractivity contribution in [3.8, 4) is 0 Å². The van der Waals surface area contributed by atoms with Gasteiger partial charge in [0.1, 0.15) is 0 Å². The first-order chi connectivity index (χ1) is 8.16. The maximum Gasteiger partial charge on any atom is 0.306 e. The highest BCUT2D eigenvalue weighted by molar-refractivity contribution is 5.76. The molecule has 2 unspecified atom stereocenters. The van der Waals surface area contributed by atoms with E-state index in [-0.39, 0.29) is 36.8 Å². The van der Waals surface area contributed by atoms with E-state index < -0.39 is 12.1 Å². The van der Waals surface area contributed by atoms with E-state index in [1.54, 1.807) is 0 Å². The molecule has 0 aromatic rings. The minimum Gasteiger partial charge on any atom is -0.481 e. The lowest BCUT2D eigenvalue weighted by Crippen LogP contribution is -2.42. The molecule has 106 valence electrons. The summed E-state index contributed by atoms with van der Waals surface area (Å²) in [6.07, 6.45) is -0.438. The third-order valence-electron chi connectivity index (χ3n) is 2.78. The number of carboxylic acid groups (broad SMARTS) is 1. The van der Waals surface area contributed by atoms with E-state index in [9.17, 15) is 9.59 Å². The fourth-order valence-electron chi connectivity index (χ4n) is 1.24. The molecule has 0 aliphatic heterocycles. The first kappa shape index (κ1) is 16.9. The number of carboxylic acids is 1. The zero-order valence-corrected chi connectivity index (χ0v) is 11.5. The smallest absolute Gasteiger partial charge is 0.306 e. The molecule has 1 amide bonds. The van der Waals surface area contributed by atoms with E-state index >= 15 is 0 Å². The molecule has 0 saturated heterocycles. The Kier molecular flexibility index (Phi) is 6.86. The maximum atomic E-state index is 11.6. The normalized spacial score (nSPS) is 14.9. The highest BCUT2D eigenvalue weighted by Gasteiger charge is 2.23. The van der Waals surface area contributed by atoms with Crippen LogP contribution in [0.15, 0.2) is 0 Å². The van der Waals surface area contributed by atoms with Crippen LogP contribution in [-0.4, -0.2) is 42.8 Å². The number of rotatable bonds is 7. The maximum absolute atomic E-state index is 11.6. The number of ether oxygens (including phenoxy) is 1. The second-order valence-corrected chi connectivity index (χ2v) is 5.44. The third-order valence-corrected chi connectivity index (χ3v) is 2.78. The monoisotopic (exact) mass is 260 g/mol. The molecule has 0 saturated carbocycles. The van der Waals surface area contributed by atoms with Crippen molar-refractivity contribution >= 4 is 11.9 Å². The lowest BCUT2D eigenvalue weighted by atomic mass is 9.85. The quantitative estimate of drug-likeness (QED) is 0.613. The van der Waals surface area contributed by atoms with Crippen LogP contribution >= 0.6 is 0 Å². The number of nitrogens with one attached hydrogen (secondary N) is 1. The van der Waals surface area contributed by atoms with Gasteiger partial charge in [0.05, 0.1) is 12.5 Å². The van der Waals surface area contributed by atoms with Gasteiger partial charge in [-0.1, -0.05) is 20.8 Å². The minimum atomic E-state index is -0.956. The van der Waals surface area contributed by atoms with Crippen LogP contribution in [0.5, 0.6) is 0 Å². The Hall–Kier alpha value is -1.14. The molecule has 0 radical (unpaired) electrons.